The van der Waals surface area contributed by atoms with Crippen LogP contribution in [-0.4, -0.2) is 58.9 Å². The van der Waals surface area contributed by atoms with Gasteiger partial charge in [0.1, 0.15) is 6.54 Å². The Morgan fingerprint density at radius 2 is 0.841 bits per heavy atom. The summed E-state index contributed by atoms with van der Waals surface area (Å²) in [5.41, 5.74) is 0. The molecule has 0 atom stereocenters. The Labute approximate surface area is 270 Å². The van der Waals surface area contributed by atoms with Crippen LogP contribution >= 0.6 is 0 Å². The van der Waals surface area contributed by atoms with Crippen LogP contribution in [0.1, 0.15) is 175 Å². The summed E-state index contributed by atoms with van der Waals surface area (Å²) < 4.78 is 0. The molecule has 0 aliphatic rings. The molecule has 0 aliphatic heterocycles. The van der Waals surface area contributed by atoms with Crippen LogP contribution < -0.4 is 0 Å². The summed E-state index contributed by atoms with van der Waals surface area (Å²) >= 11 is 0. The lowest BCUT2D eigenvalue weighted by atomic mass is 10.1. The number of hydrogen-bond donors (Lipinski definition) is 1. The predicted octanol–water partition coefficient (Wildman–Crippen LogP) is 9.18. The molecule has 0 saturated carbocycles. The molecule has 2 amide bonds. The minimum Gasteiger partial charge on any atom is -0.480 e. The highest BCUT2D eigenvalue weighted by Crippen LogP contribution is 2.13. The Kier molecular flexibility index (Phi) is 34.5. The van der Waals surface area contributed by atoms with Crippen molar-refractivity contribution in [3.63, 3.8) is 0 Å². The van der Waals surface area contributed by atoms with Gasteiger partial charge in [-0.15, -0.1) is 0 Å². The van der Waals surface area contributed by atoms with E-state index in [1.54, 1.807) is 4.90 Å². The summed E-state index contributed by atoms with van der Waals surface area (Å²) in [4.78, 5) is 37.7. The molecule has 8 heteroatoms. The van der Waals surface area contributed by atoms with Crippen LogP contribution in [0.25, 0.3) is 0 Å². The second-order valence-corrected chi connectivity index (χ2v) is 11.9. The van der Waals surface area contributed by atoms with Gasteiger partial charge in [0.25, 0.3) is 0 Å². The Balaban J connectivity index is 0. The molecule has 44 heavy (non-hydrogen) atoms. The summed E-state index contributed by atoms with van der Waals surface area (Å²) in [7, 11) is 0. The van der Waals surface area contributed by atoms with Crippen LogP contribution in [0.5, 0.6) is 0 Å². The average molecular weight is 619 g/mol. The number of nitrogens with zero attached hydrogens (tertiary/aromatic N) is 4. The van der Waals surface area contributed by atoms with E-state index in [9.17, 15) is 14.4 Å². The molecule has 0 radical (unpaired) electrons. The third-order valence-electron chi connectivity index (χ3n) is 7.89. The fourth-order valence-electron chi connectivity index (χ4n) is 5.13. The van der Waals surface area contributed by atoms with E-state index in [1.165, 1.54) is 101 Å². The monoisotopic (exact) mass is 619 g/mol. The number of aliphatic carboxylic acids is 1. The third kappa shape index (κ3) is 30.8. The second kappa shape index (κ2) is 34.9. The first kappa shape index (κ1) is 43.5. The van der Waals surface area contributed by atoms with Crippen LogP contribution in [0.2, 0.25) is 0 Å². The van der Waals surface area contributed by atoms with Crippen molar-refractivity contribution in [1.29, 1.82) is 10.5 Å². The van der Waals surface area contributed by atoms with E-state index < -0.39 is 5.97 Å². The van der Waals surface area contributed by atoms with Crippen molar-refractivity contribution in [1.82, 2.24) is 9.80 Å². The van der Waals surface area contributed by atoms with Gasteiger partial charge in [-0.1, -0.05) is 129 Å². The van der Waals surface area contributed by atoms with Crippen molar-refractivity contribution in [2.45, 2.75) is 175 Å². The Morgan fingerprint density at radius 1 is 0.523 bits per heavy atom. The maximum Gasteiger partial charge on any atom is 0.323 e. The van der Waals surface area contributed by atoms with Crippen molar-refractivity contribution in [3.8, 4) is 12.1 Å². The van der Waals surface area contributed by atoms with Crippen LogP contribution in [0.3, 0.4) is 0 Å². The minimum atomic E-state index is -1.03. The van der Waals surface area contributed by atoms with Gasteiger partial charge in [-0.25, -0.2) is 0 Å². The van der Waals surface area contributed by atoms with E-state index in [1.807, 2.05) is 13.0 Å². The van der Waals surface area contributed by atoms with E-state index in [0.29, 0.717) is 25.8 Å². The molecule has 0 heterocycles. The van der Waals surface area contributed by atoms with Crippen molar-refractivity contribution in [3.05, 3.63) is 0 Å². The standard InChI is InChI=1S/C19H36N2O.C17H30N2O3/c1-3-5-6-7-8-9-10-11-12-13-14-16-19(22)21(4-2)18-15-17-20;1-2-3-4-5-6-7-8-9-10-12-16(20)19(14-11-13-18)15-17(21)22/h3-16,18H2,1-2H3;2-12,14-15H2,1H3,(H,21,22). The van der Waals surface area contributed by atoms with Crippen molar-refractivity contribution >= 4 is 17.8 Å². The summed E-state index contributed by atoms with van der Waals surface area (Å²) in [6.07, 6.45) is 26.6. The zero-order valence-corrected chi connectivity index (χ0v) is 28.8. The molecule has 254 valence electrons. The summed E-state index contributed by atoms with van der Waals surface area (Å²) in [6, 6.07) is 4.05. The van der Waals surface area contributed by atoms with Crippen LogP contribution in [-0.2, 0) is 14.4 Å². The van der Waals surface area contributed by atoms with Crippen molar-refractivity contribution < 1.29 is 19.5 Å². The highest BCUT2D eigenvalue weighted by atomic mass is 16.4. The van der Waals surface area contributed by atoms with Gasteiger partial charge in [-0.2, -0.15) is 10.5 Å². The lowest BCUT2D eigenvalue weighted by Crippen LogP contribution is -2.36. The van der Waals surface area contributed by atoms with Crippen LogP contribution in [0, 0.1) is 22.7 Å². The van der Waals surface area contributed by atoms with Gasteiger partial charge < -0.3 is 14.9 Å². The van der Waals surface area contributed by atoms with E-state index in [4.69, 9.17) is 15.6 Å². The minimum absolute atomic E-state index is 0.152. The molecule has 8 nitrogen and oxygen atoms in total. The van der Waals surface area contributed by atoms with E-state index >= 15 is 0 Å². The molecular weight excluding hydrogens is 552 g/mol. The van der Waals surface area contributed by atoms with E-state index in [-0.39, 0.29) is 31.3 Å². The third-order valence-corrected chi connectivity index (χ3v) is 7.89. The van der Waals surface area contributed by atoms with Gasteiger partial charge in [0, 0.05) is 32.5 Å². The van der Waals surface area contributed by atoms with Gasteiger partial charge >= 0.3 is 5.97 Å². The largest absolute Gasteiger partial charge is 0.480 e. The number of nitriles is 2. The summed E-state index contributed by atoms with van der Waals surface area (Å²) in [5.74, 6) is -0.965. The number of hydrogen-bond acceptors (Lipinski definition) is 5. The fraction of sp³-hybridized carbons (Fsp3) is 0.861. The number of unbranched alkanes of at least 4 members (excludes halogenated alkanes) is 18. The van der Waals surface area contributed by atoms with Crippen molar-refractivity contribution in [2.75, 3.05) is 26.2 Å². The van der Waals surface area contributed by atoms with Crippen molar-refractivity contribution in [2.24, 2.45) is 0 Å². The van der Waals surface area contributed by atoms with Crippen LogP contribution in [0.4, 0.5) is 0 Å². The zero-order valence-electron chi connectivity index (χ0n) is 28.8. The summed E-state index contributed by atoms with van der Waals surface area (Å²) in [5, 5.41) is 25.9. The Morgan fingerprint density at radius 3 is 1.16 bits per heavy atom. The quantitative estimate of drug-likeness (QED) is 0.0833. The number of carboxylic acids is 1. The lowest BCUT2D eigenvalue weighted by molar-refractivity contribution is -0.144. The van der Waals surface area contributed by atoms with Crippen LogP contribution in [0.15, 0.2) is 0 Å². The molecule has 0 unspecified atom stereocenters. The first-order valence-corrected chi connectivity index (χ1v) is 17.9. The second-order valence-electron chi connectivity index (χ2n) is 11.9. The van der Waals surface area contributed by atoms with Gasteiger partial charge in [0.05, 0.1) is 25.0 Å². The number of carbonyl (C=O) groups excluding carboxylic acids is 2. The maximum atomic E-state index is 12.0. The lowest BCUT2D eigenvalue weighted by Gasteiger charge is -2.19. The maximum absolute atomic E-state index is 12.0. The smallest absolute Gasteiger partial charge is 0.323 e. The molecule has 1 N–H and O–H groups in total. The first-order chi connectivity index (χ1) is 21.4. The molecule has 0 spiro atoms. The number of rotatable bonds is 29. The summed E-state index contributed by atoms with van der Waals surface area (Å²) in [6.45, 7) is 7.66. The molecule has 0 aromatic carbocycles. The number of carbonyl (C=O) groups is 3. The van der Waals surface area contributed by atoms with E-state index in [2.05, 4.69) is 19.9 Å². The highest BCUT2D eigenvalue weighted by Gasteiger charge is 2.15. The van der Waals surface area contributed by atoms with Gasteiger partial charge in [0.2, 0.25) is 11.8 Å². The first-order valence-electron chi connectivity index (χ1n) is 17.9. The zero-order chi connectivity index (χ0) is 33.1. The fourth-order valence-corrected chi connectivity index (χ4v) is 5.13. The molecule has 0 bridgehead atoms. The Hall–Kier alpha value is -2.61. The SMILES string of the molecule is CCCCCCCCCCCC(=O)N(CCC#N)CC(=O)O.CCCCCCCCCCCCCC(=O)N(CC)CCC#N. The highest BCUT2D eigenvalue weighted by molar-refractivity contribution is 5.81. The van der Waals surface area contributed by atoms with E-state index in [0.717, 1.165) is 38.6 Å². The topological polar surface area (TPSA) is 126 Å². The Bertz CT molecular complexity index is 775. The predicted molar refractivity (Wildman–Crippen MR) is 180 cm³/mol. The van der Waals surface area contributed by atoms with Gasteiger partial charge in [-0.05, 0) is 19.8 Å². The molecule has 0 aromatic rings. The molecule has 0 rings (SSSR count). The molecule has 0 aliphatic carbocycles. The molecule has 0 aromatic heterocycles. The normalized spacial score (nSPS) is 10.3. The molecule has 0 fully saturated rings. The molecular formula is C36H66N4O4. The number of carboxylic acid groups (broad SMARTS) is 1. The van der Waals surface area contributed by atoms with Gasteiger partial charge in [-0.3, -0.25) is 14.4 Å². The number of amides is 2. The van der Waals surface area contributed by atoms with Gasteiger partial charge in [0.15, 0.2) is 0 Å². The average Bonchev–Trinajstić information content (AvgIpc) is 3.01. The molecule has 0 saturated heterocycles.